The average molecular weight is 373 g/mol. The van der Waals surface area contributed by atoms with Gasteiger partial charge in [0.15, 0.2) is 11.5 Å². The van der Waals surface area contributed by atoms with Crippen LogP contribution in [0.25, 0.3) is 0 Å². The van der Waals surface area contributed by atoms with Gasteiger partial charge in [-0.2, -0.15) is 0 Å². The Kier molecular flexibility index (Phi) is 5.42. The van der Waals surface area contributed by atoms with E-state index in [1.165, 1.54) is 0 Å². The van der Waals surface area contributed by atoms with Gasteiger partial charge in [-0.3, -0.25) is 9.59 Å². The van der Waals surface area contributed by atoms with E-state index in [4.69, 9.17) is 11.6 Å². The summed E-state index contributed by atoms with van der Waals surface area (Å²) < 4.78 is 1.85. The van der Waals surface area contributed by atoms with E-state index in [0.29, 0.717) is 29.5 Å². The van der Waals surface area contributed by atoms with Crippen LogP contribution in [-0.2, 0) is 13.0 Å². The second-order valence-corrected chi connectivity index (χ2v) is 6.61. The van der Waals surface area contributed by atoms with Crippen molar-refractivity contribution in [1.29, 1.82) is 0 Å². The number of halogens is 1. The Hall–Kier alpha value is -2.60. The maximum atomic E-state index is 12.8. The third-order valence-corrected chi connectivity index (χ3v) is 4.87. The molecule has 3 rings (SSSR count). The number of imidazole rings is 1. The summed E-state index contributed by atoms with van der Waals surface area (Å²) in [6.07, 6.45) is 4.25. The van der Waals surface area contributed by atoms with Gasteiger partial charge in [0.05, 0.1) is 5.69 Å². The molecule has 0 aliphatic carbocycles. The Labute approximate surface area is 157 Å². The molecule has 1 aliphatic rings. The fourth-order valence-corrected chi connectivity index (χ4v) is 3.24. The van der Waals surface area contributed by atoms with Crippen LogP contribution >= 0.6 is 11.6 Å². The van der Waals surface area contributed by atoms with Gasteiger partial charge in [0, 0.05) is 23.8 Å². The van der Waals surface area contributed by atoms with Crippen LogP contribution in [0.4, 0.5) is 5.69 Å². The highest BCUT2D eigenvalue weighted by molar-refractivity contribution is 6.31. The van der Waals surface area contributed by atoms with E-state index >= 15 is 0 Å². The first-order valence-corrected chi connectivity index (χ1v) is 8.95. The summed E-state index contributed by atoms with van der Waals surface area (Å²) in [5.74, 6) is -0.357. The van der Waals surface area contributed by atoms with Crippen molar-refractivity contribution in [3.8, 4) is 0 Å². The van der Waals surface area contributed by atoms with Crippen molar-refractivity contribution in [3.63, 3.8) is 0 Å². The third-order valence-electron chi connectivity index (χ3n) is 4.46. The monoisotopic (exact) mass is 372 g/mol. The Morgan fingerprint density at radius 3 is 2.92 bits per heavy atom. The zero-order valence-electron chi connectivity index (χ0n) is 14.6. The second kappa shape index (κ2) is 7.74. The van der Waals surface area contributed by atoms with Crippen LogP contribution in [0.3, 0.4) is 0 Å². The lowest BCUT2D eigenvalue weighted by Gasteiger charge is -2.17. The van der Waals surface area contributed by atoms with E-state index in [2.05, 4.69) is 22.2 Å². The number of hydrogen-bond donors (Lipinski definition) is 2. The van der Waals surface area contributed by atoms with Crippen molar-refractivity contribution in [2.24, 2.45) is 0 Å². The zero-order chi connectivity index (χ0) is 18.7. The number of fused-ring (bicyclic) bond motifs is 1. The molecule has 0 saturated carbocycles. The summed E-state index contributed by atoms with van der Waals surface area (Å²) in [5.41, 5.74) is 2.53. The van der Waals surface area contributed by atoms with Gasteiger partial charge in [0.2, 0.25) is 0 Å². The molecule has 136 valence electrons. The van der Waals surface area contributed by atoms with Crippen LogP contribution in [0.5, 0.6) is 0 Å². The normalized spacial score (nSPS) is 13.0. The molecule has 2 aromatic rings. The first-order valence-electron chi connectivity index (χ1n) is 8.58. The van der Waals surface area contributed by atoms with Crippen LogP contribution in [0.15, 0.2) is 30.9 Å². The number of nitrogens with one attached hydrogen (secondary N) is 2. The van der Waals surface area contributed by atoms with Gasteiger partial charge in [-0.1, -0.05) is 23.7 Å². The molecule has 0 bridgehead atoms. The molecule has 2 heterocycles. The number of benzene rings is 1. The number of amides is 2. The molecule has 0 radical (unpaired) electrons. The summed E-state index contributed by atoms with van der Waals surface area (Å²) >= 11 is 6.12. The van der Waals surface area contributed by atoms with Crippen molar-refractivity contribution in [2.75, 3.05) is 11.9 Å². The first kappa shape index (κ1) is 18.2. The molecule has 2 N–H and O–H groups in total. The fraction of sp³-hybridized carbons (Fsp3) is 0.316. The molecule has 1 aromatic carbocycles. The molecule has 0 saturated heterocycles. The minimum absolute atomic E-state index is 0.273. The highest BCUT2D eigenvalue weighted by Gasteiger charge is 2.27. The van der Waals surface area contributed by atoms with Crippen molar-refractivity contribution < 1.29 is 9.59 Å². The lowest BCUT2D eigenvalue weighted by Crippen LogP contribution is -2.28. The minimum Gasteiger partial charge on any atom is -0.346 e. The topological polar surface area (TPSA) is 76.0 Å². The third kappa shape index (κ3) is 3.51. The van der Waals surface area contributed by atoms with Gasteiger partial charge in [-0.15, -0.1) is 6.58 Å². The fourth-order valence-electron chi connectivity index (χ4n) is 3.07. The van der Waals surface area contributed by atoms with Gasteiger partial charge in [0.1, 0.15) is 0 Å². The summed E-state index contributed by atoms with van der Waals surface area (Å²) in [6, 6.07) is 5.34. The van der Waals surface area contributed by atoms with E-state index in [-0.39, 0.29) is 17.6 Å². The maximum Gasteiger partial charge on any atom is 0.287 e. The second-order valence-electron chi connectivity index (χ2n) is 6.20. The Bertz CT molecular complexity index is 873. The number of carbonyl (C=O) groups excluding carboxylic acids is 2. The molecule has 6 nitrogen and oxygen atoms in total. The van der Waals surface area contributed by atoms with Gasteiger partial charge in [-0.25, -0.2) is 4.98 Å². The Morgan fingerprint density at radius 2 is 2.15 bits per heavy atom. The molecule has 0 fully saturated rings. The summed E-state index contributed by atoms with van der Waals surface area (Å²) in [5, 5.41) is 6.18. The van der Waals surface area contributed by atoms with Gasteiger partial charge < -0.3 is 15.2 Å². The SMILES string of the molecule is C=CCNC(=O)c1nc(C(=O)Nc2cccc(Cl)c2C)c2n1CCCC2. The quantitative estimate of drug-likeness (QED) is 0.790. The van der Waals surface area contributed by atoms with Crippen molar-refractivity contribution >= 4 is 29.1 Å². The predicted octanol–water partition coefficient (Wildman–Crippen LogP) is 3.35. The van der Waals surface area contributed by atoms with Crippen molar-refractivity contribution in [3.05, 3.63) is 58.7 Å². The average Bonchev–Trinajstić information content (AvgIpc) is 3.03. The molecular weight excluding hydrogens is 352 g/mol. The van der Waals surface area contributed by atoms with E-state index in [1.807, 2.05) is 11.5 Å². The summed E-state index contributed by atoms with van der Waals surface area (Å²) in [7, 11) is 0. The van der Waals surface area contributed by atoms with Crippen LogP contribution in [0.2, 0.25) is 5.02 Å². The number of nitrogens with zero attached hydrogens (tertiary/aromatic N) is 2. The minimum atomic E-state index is -0.330. The largest absolute Gasteiger partial charge is 0.346 e. The standard InChI is InChI=1S/C19H21ClN4O2/c1-3-10-21-19(26)17-23-16(15-9-4-5-11-24(15)17)18(25)22-14-8-6-7-13(20)12(14)2/h3,6-8H,1,4-5,9-11H2,2H3,(H,21,26)(H,22,25). The Balaban J connectivity index is 1.92. The lowest BCUT2D eigenvalue weighted by molar-refractivity contribution is 0.0942. The molecule has 26 heavy (non-hydrogen) atoms. The van der Waals surface area contributed by atoms with Crippen LogP contribution < -0.4 is 10.6 Å². The van der Waals surface area contributed by atoms with E-state index < -0.39 is 0 Å². The van der Waals surface area contributed by atoms with Crippen LogP contribution in [-0.4, -0.2) is 27.9 Å². The number of anilines is 1. The van der Waals surface area contributed by atoms with Crippen molar-refractivity contribution in [2.45, 2.75) is 32.7 Å². The van der Waals surface area contributed by atoms with E-state index in [9.17, 15) is 9.59 Å². The Morgan fingerprint density at radius 1 is 1.35 bits per heavy atom. The molecule has 1 aliphatic heterocycles. The number of hydrogen-bond acceptors (Lipinski definition) is 3. The van der Waals surface area contributed by atoms with Gasteiger partial charge >= 0.3 is 0 Å². The molecule has 2 amide bonds. The van der Waals surface area contributed by atoms with E-state index in [1.54, 1.807) is 24.3 Å². The van der Waals surface area contributed by atoms with Crippen LogP contribution in [0, 0.1) is 6.92 Å². The lowest BCUT2D eigenvalue weighted by atomic mass is 10.1. The summed E-state index contributed by atoms with van der Waals surface area (Å²) in [4.78, 5) is 29.6. The summed E-state index contributed by atoms with van der Waals surface area (Å²) in [6.45, 7) is 6.47. The number of carbonyl (C=O) groups is 2. The molecular formula is C19H21ClN4O2. The number of rotatable bonds is 5. The smallest absolute Gasteiger partial charge is 0.287 e. The zero-order valence-corrected chi connectivity index (χ0v) is 15.4. The van der Waals surface area contributed by atoms with Gasteiger partial charge in [-0.05, 0) is 43.9 Å². The van der Waals surface area contributed by atoms with Crippen molar-refractivity contribution in [1.82, 2.24) is 14.9 Å². The molecule has 0 atom stereocenters. The van der Waals surface area contributed by atoms with Crippen LogP contribution in [0.1, 0.15) is 45.2 Å². The highest BCUT2D eigenvalue weighted by Crippen LogP contribution is 2.25. The maximum absolute atomic E-state index is 12.8. The molecule has 7 heteroatoms. The molecule has 1 aromatic heterocycles. The highest BCUT2D eigenvalue weighted by atomic mass is 35.5. The van der Waals surface area contributed by atoms with Gasteiger partial charge in [0.25, 0.3) is 11.8 Å². The predicted molar refractivity (Wildman–Crippen MR) is 102 cm³/mol. The molecule has 0 unspecified atom stereocenters. The molecule has 0 spiro atoms. The van der Waals surface area contributed by atoms with E-state index in [0.717, 1.165) is 30.5 Å². The number of aromatic nitrogens is 2. The first-order chi connectivity index (χ1) is 12.5.